The highest BCUT2D eigenvalue weighted by Gasteiger charge is 2.64. The van der Waals surface area contributed by atoms with Crippen LogP contribution >= 0.6 is 0 Å². The third-order valence-corrected chi connectivity index (χ3v) is 6.04. The minimum absolute atomic E-state index is 0.0488. The Bertz CT molecular complexity index is 880. The van der Waals surface area contributed by atoms with Gasteiger partial charge in [-0.2, -0.15) is 0 Å². The molecule has 0 radical (unpaired) electrons. The molecule has 162 valence electrons. The topological polar surface area (TPSA) is 119 Å². The Morgan fingerprint density at radius 2 is 1.97 bits per heavy atom. The van der Waals surface area contributed by atoms with Crippen LogP contribution in [0.15, 0.2) is 48.1 Å². The van der Waals surface area contributed by atoms with Crippen LogP contribution in [-0.2, 0) is 28.6 Å². The molecular formula is C22H26O8. The summed E-state index contributed by atoms with van der Waals surface area (Å²) < 4.78 is 15.9. The summed E-state index contributed by atoms with van der Waals surface area (Å²) in [5.41, 5.74) is -2.44. The molecule has 0 unspecified atom stereocenters. The molecule has 0 aromatic rings. The second-order valence-corrected chi connectivity index (χ2v) is 8.22. The summed E-state index contributed by atoms with van der Waals surface area (Å²) >= 11 is 0. The molecule has 8 nitrogen and oxygen atoms in total. The normalized spacial score (nSPS) is 37.9. The Kier molecular flexibility index (Phi) is 5.51. The first-order valence-corrected chi connectivity index (χ1v) is 9.62. The maximum Gasteiger partial charge on any atom is 0.334 e. The zero-order chi connectivity index (χ0) is 22.4. The van der Waals surface area contributed by atoms with Crippen molar-refractivity contribution in [2.75, 3.05) is 6.61 Å². The lowest BCUT2D eigenvalue weighted by molar-refractivity contribution is -0.155. The van der Waals surface area contributed by atoms with Gasteiger partial charge in [-0.3, -0.25) is 4.79 Å². The van der Waals surface area contributed by atoms with E-state index in [-0.39, 0.29) is 24.2 Å². The molecule has 2 N–H and O–H groups in total. The standard InChI is InChI=1S/C22H26O8/c1-11(6-9-28-14(4)23)19(24)29-15-10-12(2)22(27)8-7-21(5,26)18(22)17-16(15)13(3)20(25)30-17/h6-8,15-18,26-27H,2-3,9-10H2,1,4-5H3/b11-6-/t15-,16-,17+,18+,21-,22+/m1/s1. The number of carbonyl (C=O) groups excluding carboxylic acids is 3. The highest BCUT2D eigenvalue weighted by Crippen LogP contribution is 2.53. The van der Waals surface area contributed by atoms with Crippen LogP contribution in [0.5, 0.6) is 0 Å². The molecule has 0 amide bonds. The molecule has 0 spiro atoms. The molecule has 2 aliphatic carbocycles. The SMILES string of the molecule is C=C1C(=O)O[C@H]2[C@H]1[C@H](OC(=O)/C(C)=C\COC(C)=O)CC(=C)[C@@]1(O)C=C[C@@](C)(O)[C@H]21. The Labute approximate surface area is 174 Å². The predicted octanol–water partition coefficient (Wildman–Crippen LogP) is 1.13. The van der Waals surface area contributed by atoms with Gasteiger partial charge in [0.2, 0.25) is 0 Å². The van der Waals surface area contributed by atoms with Crippen molar-refractivity contribution in [2.24, 2.45) is 11.8 Å². The van der Waals surface area contributed by atoms with Crippen LogP contribution in [0.1, 0.15) is 27.2 Å². The van der Waals surface area contributed by atoms with Gasteiger partial charge >= 0.3 is 17.9 Å². The van der Waals surface area contributed by atoms with Gasteiger partial charge in [0, 0.05) is 24.5 Å². The first kappa shape index (κ1) is 22.0. The third kappa shape index (κ3) is 3.61. The molecule has 3 rings (SSSR count). The summed E-state index contributed by atoms with van der Waals surface area (Å²) in [6.45, 7) is 11.9. The van der Waals surface area contributed by atoms with Crippen LogP contribution in [0.2, 0.25) is 0 Å². The summed E-state index contributed by atoms with van der Waals surface area (Å²) in [6.07, 6.45) is 2.52. The number of rotatable bonds is 4. The molecule has 0 aromatic carbocycles. The average Bonchev–Trinajstić information content (AvgIpc) is 3.03. The van der Waals surface area contributed by atoms with Crippen molar-refractivity contribution in [2.45, 2.75) is 50.6 Å². The Hall–Kier alpha value is -2.71. The van der Waals surface area contributed by atoms with Crippen molar-refractivity contribution < 1.29 is 38.8 Å². The summed E-state index contributed by atoms with van der Waals surface area (Å²) in [5, 5.41) is 22.1. The van der Waals surface area contributed by atoms with Crippen molar-refractivity contribution in [3.63, 3.8) is 0 Å². The Morgan fingerprint density at radius 3 is 2.60 bits per heavy atom. The molecule has 1 heterocycles. The van der Waals surface area contributed by atoms with Gasteiger partial charge in [-0.1, -0.05) is 19.2 Å². The van der Waals surface area contributed by atoms with E-state index in [1.807, 2.05) is 0 Å². The number of fused-ring (bicyclic) bond motifs is 3. The van der Waals surface area contributed by atoms with E-state index in [1.165, 1.54) is 39.0 Å². The summed E-state index contributed by atoms with van der Waals surface area (Å²) in [4.78, 5) is 35.7. The van der Waals surface area contributed by atoms with E-state index in [1.54, 1.807) is 0 Å². The van der Waals surface area contributed by atoms with Gasteiger partial charge < -0.3 is 24.4 Å². The van der Waals surface area contributed by atoms with Crippen molar-refractivity contribution >= 4 is 17.9 Å². The van der Waals surface area contributed by atoms with Crippen molar-refractivity contribution in [1.29, 1.82) is 0 Å². The Balaban J connectivity index is 1.91. The molecule has 30 heavy (non-hydrogen) atoms. The lowest BCUT2D eigenvalue weighted by Crippen LogP contribution is -2.51. The average molecular weight is 418 g/mol. The van der Waals surface area contributed by atoms with E-state index in [4.69, 9.17) is 14.2 Å². The zero-order valence-electron chi connectivity index (χ0n) is 17.2. The van der Waals surface area contributed by atoms with E-state index < -0.39 is 53.2 Å². The second kappa shape index (κ2) is 7.52. The van der Waals surface area contributed by atoms with Crippen molar-refractivity contribution in [3.05, 3.63) is 48.1 Å². The fourth-order valence-electron chi connectivity index (χ4n) is 4.43. The molecule has 0 aromatic heterocycles. The van der Waals surface area contributed by atoms with Crippen LogP contribution in [0.4, 0.5) is 0 Å². The van der Waals surface area contributed by atoms with E-state index in [2.05, 4.69) is 13.2 Å². The fourth-order valence-corrected chi connectivity index (χ4v) is 4.43. The van der Waals surface area contributed by atoms with Gasteiger partial charge in [-0.05, 0) is 31.6 Å². The highest BCUT2D eigenvalue weighted by atomic mass is 16.6. The Morgan fingerprint density at radius 1 is 1.30 bits per heavy atom. The number of esters is 3. The lowest BCUT2D eigenvalue weighted by Gasteiger charge is -2.39. The molecule has 1 saturated carbocycles. The predicted molar refractivity (Wildman–Crippen MR) is 105 cm³/mol. The van der Waals surface area contributed by atoms with Gasteiger partial charge in [0.15, 0.2) is 0 Å². The maximum absolute atomic E-state index is 12.6. The molecule has 1 aliphatic heterocycles. The minimum atomic E-state index is -1.63. The summed E-state index contributed by atoms with van der Waals surface area (Å²) in [5.74, 6) is -3.49. The molecule has 1 saturated heterocycles. The van der Waals surface area contributed by atoms with Gasteiger partial charge in [-0.25, -0.2) is 9.59 Å². The smallest absolute Gasteiger partial charge is 0.334 e. The van der Waals surface area contributed by atoms with E-state index in [0.29, 0.717) is 5.57 Å². The first-order chi connectivity index (χ1) is 13.9. The van der Waals surface area contributed by atoms with Gasteiger partial charge in [0.1, 0.15) is 24.4 Å². The largest absolute Gasteiger partial charge is 0.462 e. The quantitative estimate of drug-likeness (QED) is 0.302. The molecule has 6 atom stereocenters. The minimum Gasteiger partial charge on any atom is -0.462 e. The fraction of sp³-hybridized carbons (Fsp3) is 0.500. The number of ether oxygens (including phenoxy) is 3. The lowest BCUT2D eigenvalue weighted by atomic mass is 9.73. The molecule has 8 heteroatoms. The molecule has 0 bridgehead atoms. The zero-order valence-corrected chi connectivity index (χ0v) is 17.2. The van der Waals surface area contributed by atoms with E-state index in [0.717, 1.165) is 0 Å². The van der Waals surface area contributed by atoms with Gasteiger partial charge in [0.25, 0.3) is 0 Å². The number of aliphatic hydroxyl groups is 2. The van der Waals surface area contributed by atoms with Crippen LogP contribution in [0.3, 0.4) is 0 Å². The van der Waals surface area contributed by atoms with Crippen molar-refractivity contribution in [3.8, 4) is 0 Å². The van der Waals surface area contributed by atoms with Gasteiger partial charge in [-0.15, -0.1) is 0 Å². The monoisotopic (exact) mass is 418 g/mol. The maximum atomic E-state index is 12.6. The number of carbonyl (C=O) groups is 3. The van der Waals surface area contributed by atoms with E-state index >= 15 is 0 Å². The van der Waals surface area contributed by atoms with Gasteiger partial charge in [0.05, 0.1) is 17.4 Å². The number of hydrogen-bond donors (Lipinski definition) is 2. The molecule has 3 aliphatic rings. The molecule has 2 fully saturated rings. The van der Waals surface area contributed by atoms with Crippen LogP contribution in [-0.4, -0.2) is 58.1 Å². The van der Waals surface area contributed by atoms with Crippen LogP contribution in [0.25, 0.3) is 0 Å². The van der Waals surface area contributed by atoms with E-state index in [9.17, 15) is 24.6 Å². The summed E-state index contributed by atoms with van der Waals surface area (Å²) in [7, 11) is 0. The van der Waals surface area contributed by atoms with Crippen LogP contribution < -0.4 is 0 Å². The summed E-state index contributed by atoms with van der Waals surface area (Å²) in [6, 6.07) is 0. The van der Waals surface area contributed by atoms with Crippen LogP contribution in [0, 0.1) is 11.8 Å². The third-order valence-electron chi connectivity index (χ3n) is 6.04. The molecular weight excluding hydrogens is 392 g/mol. The first-order valence-electron chi connectivity index (χ1n) is 9.62. The van der Waals surface area contributed by atoms with Crippen molar-refractivity contribution in [1.82, 2.24) is 0 Å². The second-order valence-electron chi connectivity index (χ2n) is 8.22. The number of hydrogen-bond acceptors (Lipinski definition) is 8. The highest BCUT2D eigenvalue weighted by molar-refractivity contribution is 5.92.